The molecule has 0 aliphatic heterocycles. The normalized spacial score (nSPS) is 12.4. The number of nitrogens with two attached hydrogens (primary N) is 1. The smallest absolute Gasteiger partial charge is 0.142 e. The molecule has 0 aliphatic carbocycles. The van der Waals surface area contributed by atoms with Crippen LogP contribution in [0.5, 0.6) is 0 Å². The number of benzene rings is 2. The van der Waals surface area contributed by atoms with Gasteiger partial charge in [-0.1, -0.05) is 40.2 Å². The van der Waals surface area contributed by atoms with Crippen LogP contribution in [-0.2, 0) is 0 Å². The maximum absolute atomic E-state index is 14.1. The van der Waals surface area contributed by atoms with Crippen molar-refractivity contribution in [3.05, 3.63) is 68.4 Å². The zero-order chi connectivity index (χ0) is 13.1. The Hall–Kier alpha value is -0.750. The summed E-state index contributed by atoms with van der Waals surface area (Å²) in [7, 11) is 0. The number of halogens is 3. The molecular formula is C13H11Br2FN2. The van der Waals surface area contributed by atoms with Crippen molar-refractivity contribution in [3.63, 3.8) is 0 Å². The molecule has 2 nitrogen and oxygen atoms in total. The standard InChI is InChI=1S/C13H11Br2FN2/c14-9-6-4-8(5-7-9)13(18-17)10-2-1-3-11(15)12(10)16/h1-7,13,18H,17H2. The van der Waals surface area contributed by atoms with Gasteiger partial charge in [0, 0.05) is 10.0 Å². The summed E-state index contributed by atoms with van der Waals surface area (Å²) < 4.78 is 15.4. The van der Waals surface area contributed by atoms with Gasteiger partial charge >= 0.3 is 0 Å². The summed E-state index contributed by atoms with van der Waals surface area (Å²) in [6.45, 7) is 0. The molecule has 2 aromatic rings. The van der Waals surface area contributed by atoms with Crippen LogP contribution in [0.15, 0.2) is 51.4 Å². The number of rotatable bonds is 3. The lowest BCUT2D eigenvalue weighted by Gasteiger charge is -2.18. The van der Waals surface area contributed by atoms with E-state index in [1.54, 1.807) is 18.2 Å². The molecule has 18 heavy (non-hydrogen) atoms. The summed E-state index contributed by atoms with van der Waals surface area (Å²) in [5.74, 6) is 5.25. The van der Waals surface area contributed by atoms with Gasteiger partial charge in [0.1, 0.15) is 5.82 Å². The average molecular weight is 374 g/mol. The Kier molecular flexibility index (Phi) is 4.50. The lowest BCUT2D eigenvalue weighted by molar-refractivity contribution is 0.556. The molecule has 0 amide bonds. The van der Waals surface area contributed by atoms with Crippen molar-refractivity contribution in [2.75, 3.05) is 0 Å². The number of hydrogen-bond acceptors (Lipinski definition) is 2. The zero-order valence-corrected chi connectivity index (χ0v) is 12.5. The summed E-state index contributed by atoms with van der Waals surface area (Å²) in [5.41, 5.74) is 4.06. The van der Waals surface area contributed by atoms with Gasteiger partial charge in [0.2, 0.25) is 0 Å². The third-order valence-electron chi connectivity index (χ3n) is 2.66. The molecule has 94 valence electrons. The fourth-order valence-electron chi connectivity index (χ4n) is 1.76. The molecule has 0 spiro atoms. The Morgan fingerprint density at radius 2 is 1.72 bits per heavy atom. The predicted molar refractivity (Wildman–Crippen MR) is 77.4 cm³/mol. The maximum Gasteiger partial charge on any atom is 0.142 e. The highest BCUT2D eigenvalue weighted by Crippen LogP contribution is 2.28. The van der Waals surface area contributed by atoms with Crippen LogP contribution in [0.1, 0.15) is 17.2 Å². The molecule has 5 heteroatoms. The monoisotopic (exact) mass is 372 g/mol. The first-order valence-corrected chi connectivity index (χ1v) is 6.87. The summed E-state index contributed by atoms with van der Waals surface area (Å²) in [6, 6.07) is 12.4. The highest BCUT2D eigenvalue weighted by molar-refractivity contribution is 9.10. The van der Waals surface area contributed by atoms with Gasteiger partial charge < -0.3 is 0 Å². The molecule has 0 saturated carbocycles. The topological polar surface area (TPSA) is 38.0 Å². The van der Waals surface area contributed by atoms with Crippen LogP contribution < -0.4 is 11.3 Å². The molecule has 0 radical (unpaired) electrons. The second-order valence-corrected chi connectivity index (χ2v) is 5.56. The van der Waals surface area contributed by atoms with Gasteiger partial charge in [0.25, 0.3) is 0 Å². The van der Waals surface area contributed by atoms with Crippen LogP contribution in [0.4, 0.5) is 4.39 Å². The van der Waals surface area contributed by atoms with Crippen molar-refractivity contribution in [3.8, 4) is 0 Å². The fraction of sp³-hybridized carbons (Fsp3) is 0.0769. The predicted octanol–water partition coefficient (Wildman–Crippen LogP) is 3.90. The molecule has 0 aromatic heterocycles. The molecule has 3 N–H and O–H groups in total. The third-order valence-corrected chi connectivity index (χ3v) is 3.80. The number of hydrazine groups is 1. The van der Waals surface area contributed by atoms with Gasteiger partial charge in [0.05, 0.1) is 10.5 Å². The lowest BCUT2D eigenvalue weighted by atomic mass is 9.99. The van der Waals surface area contributed by atoms with Gasteiger partial charge in [-0.15, -0.1) is 0 Å². The molecule has 1 unspecified atom stereocenters. The summed E-state index contributed by atoms with van der Waals surface area (Å²) in [6.07, 6.45) is 0. The van der Waals surface area contributed by atoms with Crippen molar-refractivity contribution in [2.45, 2.75) is 6.04 Å². The molecule has 0 heterocycles. The van der Waals surface area contributed by atoms with Gasteiger partial charge in [-0.2, -0.15) is 0 Å². The summed E-state index contributed by atoms with van der Waals surface area (Å²) in [5, 5.41) is 0. The van der Waals surface area contributed by atoms with Crippen molar-refractivity contribution in [1.29, 1.82) is 0 Å². The van der Waals surface area contributed by atoms with E-state index in [0.717, 1.165) is 10.0 Å². The van der Waals surface area contributed by atoms with E-state index >= 15 is 0 Å². The first kappa shape index (κ1) is 13.7. The lowest BCUT2D eigenvalue weighted by Crippen LogP contribution is -2.29. The Balaban J connectivity index is 2.45. The SMILES string of the molecule is NNC(c1ccc(Br)cc1)c1cccc(Br)c1F. The second kappa shape index (κ2) is 5.93. The molecule has 2 rings (SSSR count). The molecule has 0 fully saturated rings. The molecule has 0 aliphatic rings. The van der Waals surface area contributed by atoms with E-state index < -0.39 is 0 Å². The highest BCUT2D eigenvalue weighted by atomic mass is 79.9. The van der Waals surface area contributed by atoms with Crippen molar-refractivity contribution >= 4 is 31.9 Å². The Morgan fingerprint density at radius 1 is 1.06 bits per heavy atom. The van der Waals surface area contributed by atoms with E-state index in [4.69, 9.17) is 5.84 Å². The van der Waals surface area contributed by atoms with E-state index in [1.165, 1.54) is 0 Å². The van der Waals surface area contributed by atoms with Gasteiger partial charge in [0.15, 0.2) is 0 Å². The van der Waals surface area contributed by atoms with Gasteiger partial charge in [-0.05, 0) is 39.7 Å². The Bertz CT molecular complexity index is 543. The minimum atomic E-state index is -0.379. The quantitative estimate of drug-likeness (QED) is 0.632. The first-order chi connectivity index (χ1) is 8.63. The van der Waals surface area contributed by atoms with Crippen LogP contribution in [0, 0.1) is 5.82 Å². The van der Waals surface area contributed by atoms with E-state index in [0.29, 0.717) is 10.0 Å². The van der Waals surface area contributed by atoms with E-state index in [2.05, 4.69) is 37.3 Å². The molecule has 2 aromatic carbocycles. The third kappa shape index (κ3) is 2.80. The first-order valence-electron chi connectivity index (χ1n) is 5.29. The maximum atomic E-state index is 14.1. The second-order valence-electron chi connectivity index (χ2n) is 3.79. The van der Waals surface area contributed by atoms with Crippen molar-refractivity contribution in [1.82, 2.24) is 5.43 Å². The van der Waals surface area contributed by atoms with Gasteiger partial charge in [-0.25, -0.2) is 9.82 Å². The molecular weight excluding hydrogens is 363 g/mol. The zero-order valence-electron chi connectivity index (χ0n) is 9.33. The highest BCUT2D eigenvalue weighted by Gasteiger charge is 2.17. The summed E-state index contributed by atoms with van der Waals surface area (Å²) >= 11 is 6.54. The largest absolute Gasteiger partial charge is 0.271 e. The number of nitrogens with one attached hydrogen (secondary N) is 1. The number of hydrogen-bond donors (Lipinski definition) is 2. The molecule has 0 saturated heterocycles. The molecule has 1 atom stereocenters. The van der Waals surface area contributed by atoms with Gasteiger partial charge in [-0.3, -0.25) is 5.84 Å². The van der Waals surface area contributed by atoms with Crippen LogP contribution in [0.25, 0.3) is 0 Å². The van der Waals surface area contributed by atoms with Crippen molar-refractivity contribution in [2.24, 2.45) is 5.84 Å². The van der Waals surface area contributed by atoms with E-state index in [1.807, 2.05) is 24.3 Å². The van der Waals surface area contributed by atoms with Crippen LogP contribution in [0.3, 0.4) is 0 Å². The minimum absolute atomic E-state index is 0.302. The van der Waals surface area contributed by atoms with E-state index in [9.17, 15) is 4.39 Å². The minimum Gasteiger partial charge on any atom is -0.271 e. The van der Waals surface area contributed by atoms with E-state index in [-0.39, 0.29) is 11.9 Å². The Labute approximate surface area is 122 Å². The molecule has 0 bridgehead atoms. The fourth-order valence-corrected chi connectivity index (χ4v) is 2.41. The average Bonchev–Trinajstić information content (AvgIpc) is 2.37. The summed E-state index contributed by atoms with van der Waals surface area (Å²) in [4.78, 5) is 0. The van der Waals surface area contributed by atoms with Crippen LogP contribution in [0.2, 0.25) is 0 Å². The Morgan fingerprint density at radius 3 is 2.33 bits per heavy atom. The van der Waals surface area contributed by atoms with Crippen LogP contribution in [-0.4, -0.2) is 0 Å². The van der Waals surface area contributed by atoms with Crippen molar-refractivity contribution < 1.29 is 4.39 Å². The van der Waals surface area contributed by atoms with Crippen LogP contribution >= 0.6 is 31.9 Å².